The summed E-state index contributed by atoms with van der Waals surface area (Å²) < 4.78 is 0. The summed E-state index contributed by atoms with van der Waals surface area (Å²) in [5.74, 6) is 0.618. The Morgan fingerprint density at radius 1 is 1.75 bits per heavy atom. The number of rotatable bonds is 1. The second-order valence-electron chi connectivity index (χ2n) is 1.74. The van der Waals surface area contributed by atoms with Crippen molar-refractivity contribution in [1.82, 2.24) is 0 Å². The van der Waals surface area contributed by atoms with Crippen LogP contribution in [0.3, 0.4) is 0 Å². The van der Waals surface area contributed by atoms with Gasteiger partial charge in [-0.15, -0.1) is 5.11 Å². The van der Waals surface area contributed by atoms with E-state index in [1.165, 1.54) is 0 Å². The average molecular weight is 111 g/mol. The van der Waals surface area contributed by atoms with Gasteiger partial charge in [0.25, 0.3) is 0 Å². The van der Waals surface area contributed by atoms with Crippen molar-refractivity contribution in [2.45, 2.75) is 13.3 Å². The third kappa shape index (κ3) is 0.710. The zero-order chi connectivity index (χ0) is 5.98. The monoisotopic (exact) mass is 111 g/mol. The highest BCUT2D eigenvalue weighted by Gasteiger charge is 2.04. The van der Waals surface area contributed by atoms with Crippen molar-refractivity contribution >= 4 is 0 Å². The van der Waals surface area contributed by atoms with E-state index in [-0.39, 0.29) is 0 Å². The molecular formula is C5H9N3. The molecule has 1 heterocycles. The highest BCUT2D eigenvalue weighted by atomic mass is 15.2. The molecule has 0 saturated carbocycles. The molecule has 1 aliphatic heterocycles. The molecule has 3 nitrogen and oxygen atoms in total. The Balaban J connectivity index is 2.68. The first-order valence-corrected chi connectivity index (χ1v) is 2.69. The van der Waals surface area contributed by atoms with Crippen molar-refractivity contribution in [3.8, 4) is 0 Å². The number of hydrogen-bond donors (Lipinski definition) is 1. The quantitative estimate of drug-likeness (QED) is 0.539. The first kappa shape index (κ1) is 5.28. The lowest BCUT2D eigenvalue weighted by Crippen LogP contribution is -1.95. The van der Waals surface area contributed by atoms with E-state index in [0.29, 0.717) is 12.4 Å². The fourth-order valence-electron chi connectivity index (χ4n) is 0.642. The lowest BCUT2D eigenvalue weighted by Gasteiger charge is -1.90. The molecule has 0 radical (unpaired) electrons. The van der Waals surface area contributed by atoms with Crippen LogP contribution in [-0.4, -0.2) is 6.54 Å². The van der Waals surface area contributed by atoms with Gasteiger partial charge in [-0.1, -0.05) is 6.92 Å². The Labute approximate surface area is 48.3 Å². The van der Waals surface area contributed by atoms with Crippen LogP contribution in [0.5, 0.6) is 0 Å². The van der Waals surface area contributed by atoms with Crippen LogP contribution in [0.4, 0.5) is 0 Å². The molecule has 0 bridgehead atoms. The van der Waals surface area contributed by atoms with Gasteiger partial charge in [-0.2, -0.15) is 5.11 Å². The van der Waals surface area contributed by atoms with Gasteiger partial charge in [-0.05, 0) is 12.0 Å². The standard InChI is InChI=1S/C5H9N3/c1-2-4-3-7-8-5(4)6/h2-3,6H2,1H3. The fourth-order valence-corrected chi connectivity index (χ4v) is 0.642. The SMILES string of the molecule is CCC1=C(N)N=NC1. The van der Waals surface area contributed by atoms with E-state index in [2.05, 4.69) is 17.2 Å². The predicted octanol–water partition coefficient (Wildman–Crippen LogP) is 1.03. The molecule has 1 aliphatic rings. The predicted molar refractivity (Wildman–Crippen MR) is 31.2 cm³/mol. The molecule has 0 aromatic carbocycles. The lowest BCUT2D eigenvalue weighted by atomic mass is 10.2. The molecule has 0 aliphatic carbocycles. The van der Waals surface area contributed by atoms with Crippen LogP contribution in [0.1, 0.15) is 13.3 Å². The maximum absolute atomic E-state index is 5.41. The van der Waals surface area contributed by atoms with Gasteiger partial charge in [0.05, 0.1) is 6.54 Å². The average Bonchev–Trinajstić information content (AvgIpc) is 2.14. The molecule has 0 atom stereocenters. The number of nitrogens with two attached hydrogens (primary N) is 1. The lowest BCUT2D eigenvalue weighted by molar-refractivity contribution is 1.01. The summed E-state index contributed by atoms with van der Waals surface area (Å²) in [6.45, 7) is 2.76. The molecule has 0 aromatic heterocycles. The van der Waals surface area contributed by atoms with Gasteiger partial charge in [0.2, 0.25) is 0 Å². The van der Waals surface area contributed by atoms with E-state index in [1.54, 1.807) is 0 Å². The molecular weight excluding hydrogens is 102 g/mol. The number of nitrogens with zero attached hydrogens (tertiary/aromatic N) is 2. The van der Waals surface area contributed by atoms with Crippen molar-refractivity contribution in [3.05, 3.63) is 11.4 Å². The summed E-state index contributed by atoms with van der Waals surface area (Å²) in [4.78, 5) is 0. The second-order valence-corrected chi connectivity index (χ2v) is 1.74. The minimum atomic E-state index is 0.618. The minimum Gasteiger partial charge on any atom is -0.382 e. The molecule has 0 amide bonds. The van der Waals surface area contributed by atoms with E-state index in [4.69, 9.17) is 5.73 Å². The van der Waals surface area contributed by atoms with Gasteiger partial charge in [0, 0.05) is 0 Å². The molecule has 0 fully saturated rings. The van der Waals surface area contributed by atoms with E-state index in [0.717, 1.165) is 12.0 Å². The summed E-state index contributed by atoms with van der Waals surface area (Å²) in [6, 6.07) is 0. The van der Waals surface area contributed by atoms with Crippen molar-refractivity contribution < 1.29 is 0 Å². The Bertz CT molecular complexity index is 146. The zero-order valence-corrected chi connectivity index (χ0v) is 4.89. The van der Waals surface area contributed by atoms with Crippen LogP contribution in [0.25, 0.3) is 0 Å². The van der Waals surface area contributed by atoms with Gasteiger partial charge in [0.1, 0.15) is 5.82 Å². The third-order valence-corrected chi connectivity index (χ3v) is 1.23. The first-order chi connectivity index (χ1) is 3.84. The van der Waals surface area contributed by atoms with Crippen molar-refractivity contribution in [2.24, 2.45) is 16.0 Å². The molecule has 2 N–H and O–H groups in total. The summed E-state index contributed by atoms with van der Waals surface area (Å²) in [6.07, 6.45) is 0.971. The molecule has 8 heavy (non-hydrogen) atoms. The van der Waals surface area contributed by atoms with Crippen LogP contribution < -0.4 is 5.73 Å². The van der Waals surface area contributed by atoms with Gasteiger partial charge in [-0.25, -0.2) is 0 Å². The Hall–Kier alpha value is -0.860. The molecule has 3 heteroatoms. The van der Waals surface area contributed by atoms with Gasteiger partial charge in [0.15, 0.2) is 0 Å². The summed E-state index contributed by atoms with van der Waals surface area (Å²) >= 11 is 0. The summed E-state index contributed by atoms with van der Waals surface area (Å²) in [5.41, 5.74) is 6.57. The topological polar surface area (TPSA) is 50.7 Å². The summed E-state index contributed by atoms with van der Waals surface area (Å²) in [7, 11) is 0. The highest BCUT2D eigenvalue weighted by Crippen LogP contribution is 2.12. The third-order valence-electron chi connectivity index (χ3n) is 1.23. The maximum atomic E-state index is 5.41. The molecule has 44 valence electrons. The van der Waals surface area contributed by atoms with Crippen molar-refractivity contribution in [3.63, 3.8) is 0 Å². The molecule has 0 saturated heterocycles. The van der Waals surface area contributed by atoms with E-state index < -0.39 is 0 Å². The minimum absolute atomic E-state index is 0.618. The Morgan fingerprint density at radius 3 is 2.75 bits per heavy atom. The smallest absolute Gasteiger partial charge is 0.146 e. The van der Waals surface area contributed by atoms with Crippen LogP contribution in [0, 0.1) is 0 Å². The van der Waals surface area contributed by atoms with Crippen LogP contribution in [-0.2, 0) is 0 Å². The summed E-state index contributed by atoms with van der Waals surface area (Å²) in [5, 5.41) is 7.41. The first-order valence-electron chi connectivity index (χ1n) is 2.69. The Kier molecular flexibility index (Phi) is 1.28. The van der Waals surface area contributed by atoms with Crippen LogP contribution in [0.2, 0.25) is 0 Å². The van der Waals surface area contributed by atoms with Gasteiger partial charge < -0.3 is 5.73 Å². The normalized spacial score (nSPS) is 18.1. The largest absolute Gasteiger partial charge is 0.382 e. The Morgan fingerprint density at radius 2 is 2.50 bits per heavy atom. The van der Waals surface area contributed by atoms with E-state index >= 15 is 0 Å². The number of hydrogen-bond acceptors (Lipinski definition) is 3. The molecule has 0 unspecified atom stereocenters. The second kappa shape index (κ2) is 1.94. The zero-order valence-electron chi connectivity index (χ0n) is 4.89. The number of azo groups is 1. The van der Waals surface area contributed by atoms with E-state index in [9.17, 15) is 0 Å². The van der Waals surface area contributed by atoms with E-state index in [1.807, 2.05) is 0 Å². The van der Waals surface area contributed by atoms with Gasteiger partial charge in [-0.3, -0.25) is 0 Å². The highest BCUT2D eigenvalue weighted by molar-refractivity contribution is 5.13. The fraction of sp³-hybridized carbons (Fsp3) is 0.600. The van der Waals surface area contributed by atoms with Crippen LogP contribution in [0.15, 0.2) is 21.6 Å². The van der Waals surface area contributed by atoms with Crippen molar-refractivity contribution in [2.75, 3.05) is 6.54 Å². The van der Waals surface area contributed by atoms with Crippen molar-refractivity contribution in [1.29, 1.82) is 0 Å². The molecule has 1 rings (SSSR count). The van der Waals surface area contributed by atoms with Gasteiger partial charge >= 0.3 is 0 Å². The molecule has 0 aromatic rings. The molecule has 0 spiro atoms. The maximum Gasteiger partial charge on any atom is 0.146 e. The van der Waals surface area contributed by atoms with Crippen LogP contribution >= 0.6 is 0 Å².